The number of aromatic amines is 1. The van der Waals surface area contributed by atoms with Gasteiger partial charge in [0.1, 0.15) is 6.04 Å². The molecule has 0 bridgehead atoms. The molecule has 0 saturated carbocycles. The topological polar surface area (TPSA) is 86.9 Å². The zero-order chi connectivity index (χ0) is 10.6. The van der Waals surface area contributed by atoms with Crippen molar-refractivity contribution in [3.8, 4) is 0 Å². The Morgan fingerprint density at radius 2 is 2.36 bits per heavy atom. The number of nitrogens with zero attached hydrogens (tertiary/aromatic N) is 1. The van der Waals surface area contributed by atoms with Crippen LogP contribution in [0, 0.1) is 0 Å². The summed E-state index contributed by atoms with van der Waals surface area (Å²) in [6, 6.07) is 0.940. The predicted molar refractivity (Wildman–Crippen MR) is 52.0 cm³/mol. The number of carbonyl (C=O) groups is 1. The van der Waals surface area contributed by atoms with Crippen LogP contribution in [0.3, 0.4) is 0 Å². The smallest absolute Gasteiger partial charge is 0.266 e. The molecule has 1 rings (SSSR count). The van der Waals surface area contributed by atoms with E-state index >= 15 is 0 Å². The third-order valence-electron chi connectivity index (χ3n) is 1.69. The van der Waals surface area contributed by atoms with E-state index in [1.165, 1.54) is 12.3 Å². The molecule has 1 amide bonds. The molecule has 76 valence electrons. The Morgan fingerprint density at radius 1 is 1.64 bits per heavy atom. The first-order chi connectivity index (χ1) is 6.63. The number of nitrogens with one attached hydrogen (secondary N) is 3. The van der Waals surface area contributed by atoms with Crippen molar-refractivity contribution in [1.29, 1.82) is 0 Å². The maximum absolute atomic E-state index is 11.1. The lowest BCUT2D eigenvalue weighted by atomic mass is 10.3. The van der Waals surface area contributed by atoms with Crippen LogP contribution in [-0.4, -0.2) is 29.2 Å². The van der Waals surface area contributed by atoms with Crippen molar-refractivity contribution in [3.63, 3.8) is 0 Å². The highest BCUT2D eigenvalue weighted by Gasteiger charge is 2.09. The Morgan fingerprint density at radius 3 is 2.93 bits per heavy atom. The van der Waals surface area contributed by atoms with E-state index in [1.54, 1.807) is 14.0 Å². The van der Waals surface area contributed by atoms with Gasteiger partial charge in [0.15, 0.2) is 0 Å². The van der Waals surface area contributed by atoms with Gasteiger partial charge in [-0.2, -0.15) is 5.10 Å². The molecule has 0 aliphatic carbocycles. The van der Waals surface area contributed by atoms with Crippen molar-refractivity contribution >= 4 is 11.6 Å². The summed E-state index contributed by atoms with van der Waals surface area (Å²) in [5.41, 5.74) is 0.212. The summed E-state index contributed by atoms with van der Waals surface area (Å²) in [5, 5.41) is 11.2. The SMILES string of the molecule is CNC(=O)C(C)Nc1cn[nH]c(=O)c1. The van der Waals surface area contributed by atoms with Crippen LogP contribution in [0.15, 0.2) is 17.1 Å². The largest absolute Gasteiger partial charge is 0.372 e. The maximum atomic E-state index is 11.1. The Kier molecular flexibility index (Phi) is 3.22. The molecular weight excluding hydrogens is 184 g/mol. The Bertz CT molecular complexity index is 374. The van der Waals surface area contributed by atoms with Crippen LogP contribution in [0.4, 0.5) is 5.69 Å². The number of aromatic nitrogens is 2. The Hall–Kier alpha value is -1.85. The Balaban J connectivity index is 2.69. The van der Waals surface area contributed by atoms with E-state index in [2.05, 4.69) is 20.8 Å². The molecule has 1 aromatic heterocycles. The summed E-state index contributed by atoms with van der Waals surface area (Å²) in [4.78, 5) is 22.0. The fraction of sp³-hybridized carbons (Fsp3) is 0.375. The van der Waals surface area contributed by atoms with Gasteiger partial charge in [-0.05, 0) is 6.92 Å². The van der Waals surface area contributed by atoms with Crippen LogP contribution in [0.2, 0.25) is 0 Å². The molecular formula is C8H12N4O2. The van der Waals surface area contributed by atoms with Crippen LogP contribution in [0.1, 0.15) is 6.92 Å². The molecule has 0 aliphatic heterocycles. The first-order valence-electron chi connectivity index (χ1n) is 4.16. The normalized spacial score (nSPS) is 11.9. The molecule has 14 heavy (non-hydrogen) atoms. The van der Waals surface area contributed by atoms with Gasteiger partial charge in [0.2, 0.25) is 5.91 Å². The lowest BCUT2D eigenvalue weighted by Gasteiger charge is -2.12. The van der Waals surface area contributed by atoms with Gasteiger partial charge in [0, 0.05) is 13.1 Å². The summed E-state index contributed by atoms with van der Waals surface area (Å²) in [5.74, 6) is -0.148. The average molecular weight is 196 g/mol. The van der Waals surface area contributed by atoms with Crippen molar-refractivity contribution in [1.82, 2.24) is 15.5 Å². The number of likely N-dealkylation sites (N-methyl/N-ethyl adjacent to an activating group) is 1. The minimum atomic E-state index is -0.399. The van der Waals surface area contributed by atoms with Gasteiger partial charge in [-0.15, -0.1) is 0 Å². The second-order valence-corrected chi connectivity index (χ2v) is 2.81. The first kappa shape index (κ1) is 10.2. The van der Waals surface area contributed by atoms with Gasteiger partial charge in [0.05, 0.1) is 11.9 Å². The summed E-state index contributed by atoms with van der Waals surface area (Å²) in [6.07, 6.45) is 1.45. The molecule has 0 fully saturated rings. The van der Waals surface area contributed by atoms with Crippen molar-refractivity contribution in [2.75, 3.05) is 12.4 Å². The third-order valence-corrected chi connectivity index (χ3v) is 1.69. The molecule has 0 aromatic carbocycles. The zero-order valence-electron chi connectivity index (χ0n) is 8.00. The number of hydrogen-bond acceptors (Lipinski definition) is 4. The fourth-order valence-corrected chi connectivity index (χ4v) is 0.987. The molecule has 1 atom stereocenters. The number of rotatable bonds is 3. The monoisotopic (exact) mass is 196 g/mol. The molecule has 0 radical (unpaired) electrons. The van der Waals surface area contributed by atoms with Crippen molar-refractivity contribution in [2.24, 2.45) is 0 Å². The van der Waals surface area contributed by atoms with E-state index < -0.39 is 6.04 Å². The minimum Gasteiger partial charge on any atom is -0.372 e. The number of carbonyl (C=O) groups excluding carboxylic acids is 1. The molecule has 1 aromatic rings. The van der Waals surface area contributed by atoms with Crippen LogP contribution < -0.4 is 16.2 Å². The van der Waals surface area contributed by atoms with Crippen LogP contribution in [0.5, 0.6) is 0 Å². The van der Waals surface area contributed by atoms with Crippen LogP contribution in [-0.2, 0) is 4.79 Å². The third kappa shape index (κ3) is 2.58. The van der Waals surface area contributed by atoms with Crippen LogP contribution >= 0.6 is 0 Å². The standard InChI is InChI=1S/C8H12N4O2/c1-5(8(14)9-2)11-6-3-7(13)12-10-4-6/h3-5H,1-2H3,(H,9,14)(H2,11,12,13). The number of hydrogen-bond donors (Lipinski definition) is 3. The quantitative estimate of drug-likeness (QED) is 0.597. The van der Waals surface area contributed by atoms with E-state index in [4.69, 9.17) is 0 Å². The lowest BCUT2D eigenvalue weighted by molar-refractivity contribution is -0.121. The summed E-state index contributed by atoms with van der Waals surface area (Å²) in [6.45, 7) is 1.69. The number of anilines is 1. The summed E-state index contributed by atoms with van der Waals surface area (Å²) >= 11 is 0. The minimum absolute atomic E-state index is 0.148. The van der Waals surface area contributed by atoms with Gasteiger partial charge in [-0.3, -0.25) is 9.59 Å². The average Bonchev–Trinajstić information content (AvgIpc) is 2.16. The van der Waals surface area contributed by atoms with Gasteiger partial charge in [-0.1, -0.05) is 0 Å². The summed E-state index contributed by atoms with van der Waals surface area (Å²) in [7, 11) is 1.55. The maximum Gasteiger partial charge on any atom is 0.266 e. The lowest BCUT2D eigenvalue weighted by Crippen LogP contribution is -2.35. The molecule has 6 nitrogen and oxygen atoms in total. The predicted octanol–water partition coefficient (Wildman–Crippen LogP) is -0.684. The van der Waals surface area contributed by atoms with Gasteiger partial charge in [-0.25, -0.2) is 5.10 Å². The fourth-order valence-electron chi connectivity index (χ4n) is 0.987. The second kappa shape index (κ2) is 4.40. The Labute approximate surface area is 80.7 Å². The molecule has 0 spiro atoms. The highest BCUT2D eigenvalue weighted by molar-refractivity contribution is 5.83. The second-order valence-electron chi connectivity index (χ2n) is 2.81. The highest BCUT2D eigenvalue weighted by Crippen LogP contribution is 2.01. The molecule has 0 aliphatic rings. The van der Waals surface area contributed by atoms with Gasteiger partial charge in [0.25, 0.3) is 5.56 Å². The van der Waals surface area contributed by atoms with E-state index in [-0.39, 0.29) is 11.5 Å². The molecule has 6 heteroatoms. The highest BCUT2D eigenvalue weighted by atomic mass is 16.2. The molecule has 3 N–H and O–H groups in total. The molecule has 1 heterocycles. The van der Waals surface area contributed by atoms with Gasteiger partial charge < -0.3 is 10.6 Å². The molecule has 1 unspecified atom stereocenters. The number of H-pyrrole nitrogens is 1. The first-order valence-corrected chi connectivity index (χ1v) is 4.16. The zero-order valence-corrected chi connectivity index (χ0v) is 8.00. The number of amides is 1. The van der Waals surface area contributed by atoms with E-state index in [0.717, 1.165) is 0 Å². The van der Waals surface area contributed by atoms with Crippen molar-refractivity contribution in [2.45, 2.75) is 13.0 Å². The van der Waals surface area contributed by atoms with E-state index in [1.807, 2.05) is 0 Å². The van der Waals surface area contributed by atoms with Gasteiger partial charge >= 0.3 is 0 Å². The summed E-state index contributed by atoms with van der Waals surface area (Å²) < 4.78 is 0. The molecule has 0 saturated heterocycles. The van der Waals surface area contributed by atoms with Crippen LogP contribution in [0.25, 0.3) is 0 Å². The van der Waals surface area contributed by atoms with E-state index in [0.29, 0.717) is 5.69 Å². The van der Waals surface area contributed by atoms with Crippen molar-refractivity contribution < 1.29 is 4.79 Å². The van der Waals surface area contributed by atoms with Crippen molar-refractivity contribution in [3.05, 3.63) is 22.6 Å². The van der Waals surface area contributed by atoms with E-state index in [9.17, 15) is 9.59 Å².